The molecule has 0 unspecified atom stereocenters. The highest BCUT2D eigenvalue weighted by atomic mass is 14.1. The van der Waals surface area contributed by atoms with E-state index in [-0.39, 0.29) is 0 Å². The van der Waals surface area contributed by atoms with Gasteiger partial charge in [-0.05, 0) is 68.4 Å². The van der Waals surface area contributed by atoms with Crippen molar-refractivity contribution in [1.82, 2.24) is 0 Å². The van der Waals surface area contributed by atoms with Crippen LogP contribution in [0.25, 0.3) is 0 Å². The molecular formula is C17H28. The fraction of sp³-hybridized carbons (Fsp3) is 0.647. The molecular weight excluding hydrogens is 204 g/mol. The molecule has 0 aromatic heterocycles. The van der Waals surface area contributed by atoms with E-state index in [9.17, 15) is 0 Å². The lowest BCUT2D eigenvalue weighted by Crippen LogP contribution is -1.98. The molecule has 0 saturated heterocycles. The Morgan fingerprint density at radius 1 is 0.765 bits per heavy atom. The summed E-state index contributed by atoms with van der Waals surface area (Å²) >= 11 is 0. The third kappa shape index (κ3) is 3.87. The molecule has 0 aliphatic carbocycles. The van der Waals surface area contributed by atoms with E-state index in [4.69, 9.17) is 0 Å². The second-order valence-electron chi connectivity index (χ2n) is 5.39. The van der Waals surface area contributed by atoms with Crippen LogP contribution in [-0.2, 0) is 6.42 Å². The summed E-state index contributed by atoms with van der Waals surface area (Å²) in [4.78, 5) is 0. The van der Waals surface area contributed by atoms with Gasteiger partial charge in [0.05, 0.1) is 0 Å². The molecule has 0 N–H and O–H groups in total. The number of rotatable bonds is 6. The van der Waals surface area contributed by atoms with Gasteiger partial charge in [0, 0.05) is 0 Å². The van der Waals surface area contributed by atoms with Crippen LogP contribution in [0.5, 0.6) is 0 Å². The van der Waals surface area contributed by atoms with E-state index in [1.807, 2.05) is 0 Å². The number of benzene rings is 1. The Kier molecular flexibility index (Phi) is 5.74. The van der Waals surface area contributed by atoms with Crippen LogP contribution in [0.1, 0.15) is 66.8 Å². The maximum Gasteiger partial charge on any atom is -0.0276 e. The number of aryl methyl sites for hydroxylation is 2. The highest BCUT2D eigenvalue weighted by molar-refractivity contribution is 5.43. The van der Waals surface area contributed by atoms with Crippen molar-refractivity contribution in [2.24, 2.45) is 0 Å². The monoisotopic (exact) mass is 232 g/mol. The summed E-state index contributed by atoms with van der Waals surface area (Å²) in [6.45, 7) is 11.3. The molecule has 96 valence electrons. The zero-order chi connectivity index (χ0) is 12.8. The Morgan fingerprint density at radius 3 is 2.06 bits per heavy atom. The standard InChI is InChI=1S/C17H28/c1-6-7-8-9-10-11-17-12-13(2)14(3)15(4)16(17)5/h12H,6-11H2,1-5H3. The van der Waals surface area contributed by atoms with Crippen molar-refractivity contribution in [3.63, 3.8) is 0 Å². The van der Waals surface area contributed by atoms with Gasteiger partial charge >= 0.3 is 0 Å². The van der Waals surface area contributed by atoms with Gasteiger partial charge in [-0.25, -0.2) is 0 Å². The predicted octanol–water partition coefficient (Wildman–Crippen LogP) is 5.43. The maximum atomic E-state index is 2.40. The molecule has 1 aromatic rings. The Bertz CT molecular complexity index is 361. The molecule has 0 aliphatic heterocycles. The van der Waals surface area contributed by atoms with Gasteiger partial charge < -0.3 is 0 Å². The summed E-state index contributed by atoms with van der Waals surface area (Å²) in [6.07, 6.45) is 8.13. The molecule has 0 amide bonds. The Morgan fingerprint density at radius 2 is 1.41 bits per heavy atom. The topological polar surface area (TPSA) is 0 Å². The molecule has 0 aliphatic rings. The number of hydrogen-bond donors (Lipinski definition) is 0. The van der Waals surface area contributed by atoms with Crippen LogP contribution in [0.15, 0.2) is 6.07 Å². The average Bonchev–Trinajstić information content (AvgIpc) is 2.32. The lowest BCUT2D eigenvalue weighted by atomic mass is 9.92. The largest absolute Gasteiger partial charge is 0.0654 e. The first-order valence-corrected chi connectivity index (χ1v) is 7.14. The quantitative estimate of drug-likeness (QED) is 0.573. The molecule has 0 spiro atoms. The Balaban J connectivity index is 2.60. The second kappa shape index (κ2) is 6.83. The summed E-state index contributed by atoms with van der Waals surface area (Å²) in [5, 5.41) is 0. The zero-order valence-electron chi connectivity index (χ0n) is 12.3. The molecule has 0 radical (unpaired) electrons. The van der Waals surface area contributed by atoms with Crippen LogP contribution < -0.4 is 0 Å². The highest BCUT2D eigenvalue weighted by Gasteiger charge is 2.06. The minimum atomic E-state index is 1.26. The fourth-order valence-corrected chi connectivity index (χ4v) is 2.47. The molecule has 0 bridgehead atoms. The first-order valence-electron chi connectivity index (χ1n) is 7.14. The first kappa shape index (κ1) is 14.3. The third-order valence-electron chi connectivity index (χ3n) is 4.14. The van der Waals surface area contributed by atoms with E-state index in [2.05, 4.69) is 40.7 Å². The summed E-state index contributed by atoms with van der Waals surface area (Å²) in [6, 6.07) is 2.40. The van der Waals surface area contributed by atoms with Crippen molar-refractivity contribution in [3.05, 3.63) is 33.9 Å². The fourth-order valence-electron chi connectivity index (χ4n) is 2.47. The van der Waals surface area contributed by atoms with Crippen LogP contribution in [-0.4, -0.2) is 0 Å². The SMILES string of the molecule is CCCCCCCc1cc(C)c(C)c(C)c1C. The summed E-state index contributed by atoms with van der Waals surface area (Å²) in [5.74, 6) is 0. The molecule has 0 fully saturated rings. The minimum Gasteiger partial charge on any atom is -0.0654 e. The van der Waals surface area contributed by atoms with E-state index >= 15 is 0 Å². The van der Waals surface area contributed by atoms with Crippen molar-refractivity contribution in [2.45, 2.75) is 73.1 Å². The van der Waals surface area contributed by atoms with Crippen LogP contribution in [0.4, 0.5) is 0 Å². The Hall–Kier alpha value is -0.780. The van der Waals surface area contributed by atoms with E-state index in [1.54, 1.807) is 5.56 Å². The molecule has 0 heteroatoms. The molecule has 17 heavy (non-hydrogen) atoms. The van der Waals surface area contributed by atoms with Crippen molar-refractivity contribution in [3.8, 4) is 0 Å². The second-order valence-corrected chi connectivity index (χ2v) is 5.39. The minimum absolute atomic E-state index is 1.26. The van der Waals surface area contributed by atoms with Crippen molar-refractivity contribution in [1.29, 1.82) is 0 Å². The molecule has 0 heterocycles. The lowest BCUT2D eigenvalue weighted by Gasteiger charge is -2.14. The van der Waals surface area contributed by atoms with Gasteiger partial charge in [-0.3, -0.25) is 0 Å². The average molecular weight is 232 g/mol. The van der Waals surface area contributed by atoms with Crippen molar-refractivity contribution in [2.75, 3.05) is 0 Å². The summed E-state index contributed by atoms with van der Waals surface area (Å²) < 4.78 is 0. The van der Waals surface area contributed by atoms with Crippen LogP contribution in [0, 0.1) is 27.7 Å². The normalized spacial score (nSPS) is 10.9. The van der Waals surface area contributed by atoms with Gasteiger partial charge in [-0.2, -0.15) is 0 Å². The van der Waals surface area contributed by atoms with Gasteiger partial charge in [-0.1, -0.05) is 38.7 Å². The van der Waals surface area contributed by atoms with E-state index in [1.165, 1.54) is 60.8 Å². The van der Waals surface area contributed by atoms with E-state index in [0.717, 1.165) is 0 Å². The third-order valence-corrected chi connectivity index (χ3v) is 4.14. The van der Waals surface area contributed by atoms with Gasteiger partial charge in [0.2, 0.25) is 0 Å². The van der Waals surface area contributed by atoms with Gasteiger partial charge in [0.15, 0.2) is 0 Å². The summed E-state index contributed by atoms with van der Waals surface area (Å²) in [7, 11) is 0. The molecule has 1 rings (SSSR count). The highest BCUT2D eigenvalue weighted by Crippen LogP contribution is 2.22. The maximum absolute atomic E-state index is 2.40. The van der Waals surface area contributed by atoms with Crippen molar-refractivity contribution < 1.29 is 0 Å². The smallest absolute Gasteiger partial charge is 0.0276 e. The lowest BCUT2D eigenvalue weighted by molar-refractivity contribution is 0.631. The number of unbranched alkanes of at least 4 members (excludes halogenated alkanes) is 4. The van der Waals surface area contributed by atoms with Gasteiger partial charge in [-0.15, -0.1) is 0 Å². The van der Waals surface area contributed by atoms with Crippen LogP contribution >= 0.6 is 0 Å². The Labute approximate surface area is 107 Å². The predicted molar refractivity (Wildman–Crippen MR) is 77.9 cm³/mol. The van der Waals surface area contributed by atoms with Gasteiger partial charge in [0.25, 0.3) is 0 Å². The van der Waals surface area contributed by atoms with Crippen molar-refractivity contribution >= 4 is 0 Å². The summed E-state index contributed by atoms with van der Waals surface area (Å²) in [5.41, 5.74) is 7.51. The molecule has 1 aromatic carbocycles. The van der Waals surface area contributed by atoms with E-state index in [0.29, 0.717) is 0 Å². The zero-order valence-corrected chi connectivity index (χ0v) is 12.3. The van der Waals surface area contributed by atoms with Crippen LogP contribution in [0.3, 0.4) is 0 Å². The molecule has 0 nitrogen and oxygen atoms in total. The molecule has 0 saturated carbocycles. The number of hydrogen-bond acceptors (Lipinski definition) is 0. The van der Waals surface area contributed by atoms with E-state index < -0.39 is 0 Å². The van der Waals surface area contributed by atoms with Crippen LogP contribution in [0.2, 0.25) is 0 Å². The molecule has 0 atom stereocenters. The van der Waals surface area contributed by atoms with Gasteiger partial charge in [0.1, 0.15) is 0 Å². The first-order chi connectivity index (χ1) is 8.07.